The molecule has 0 aliphatic carbocycles. The average molecular weight is 240 g/mol. The summed E-state index contributed by atoms with van der Waals surface area (Å²) in [6, 6.07) is 9.74. The van der Waals surface area contributed by atoms with Crippen LogP contribution in [0, 0.1) is 5.82 Å². The highest BCUT2D eigenvalue weighted by atomic mass is 19.1. The zero-order chi connectivity index (χ0) is 12.4. The molecule has 4 heteroatoms. The molecule has 18 heavy (non-hydrogen) atoms. The molecule has 3 rings (SSSR count). The van der Waals surface area contributed by atoms with Crippen LogP contribution in [-0.4, -0.2) is 9.97 Å². The molecule has 0 saturated carbocycles. The molecular formula is C14H9FN2O. The quantitative estimate of drug-likeness (QED) is 0.687. The maximum atomic E-state index is 12.8. The number of aromatic nitrogens is 2. The largest absolute Gasteiger partial charge is 0.436 e. The fourth-order valence-electron chi connectivity index (χ4n) is 1.64. The number of rotatable bonds is 2. The second-order valence-corrected chi connectivity index (χ2v) is 3.78. The second kappa shape index (κ2) is 4.41. The Kier molecular flexibility index (Phi) is 2.61. The topological polar surface area (TPSA) is 38.9 Å². The lowest BCUT2D eigenvalue weighted by molar-refractivity contribution is 0.587. The lowest BCUT2D eigenvalue weighted by Crippen LogP contribution is -1.77. The van der Waals surface area contributed by atoms with E-state index < -0.39 is 0 Å². The van der Waals surface area contributed by atoms with Gasteiger partial charge in [-0.2, -0.15) is 0 Å². The van der Waals surface area contributed by atoms with Crippen LogP contribution in [0.1, 0.15) is 0 Å². The summed E-state index contributed by atoms with van der Waals surface area (Å²) in [7, 11) is 0. The van der Waals surface area contributed by atoms with Crippen molar-refractivity contribution in [2.45, 2.75) is 0 Å². The van der Waals surface area contributed by atoms with Crippen LogP contribution >= 0.6 is 0 Å². The molecule has 0 saturated heterocycles. The Morgan fingerprint density at radius 1 is 0.944 bits per heavy atom. The molecule has 0 unspecified atom stereocenters. The highest BCUT2D eigenvalue weighted by Gasteiger charge is 2.08. The van der Waals surface area contributed by atoms with E-state index in [4.69, 9.17) is 4.42 Å². The van der Waals surface area contributed by atoms with E-state index in [1.54, 1.807) is 30.7 Å². The molecule has 2 aromatic heterocycles. The third kappa shape index (κ3) is 2.00. The van der Waals surface area contributed by atoms with Crippen LogP contribution in [0.4, 0.5) is 4.39 Å². The fraction of sp³-hybridized carbons (Fsp3) is 0. The molecule has 0 aliphatic heterocycles. The maximum absolute atomic E-state index is 12.8. The van der Waals surface area contributed by atoms with Crippen LogP contribution in [0.2, 0.25) is 0 Å². The highest BCUT2D eigenvalue weighted by molar-refractivity contribution is 5.60. The van der Waals surface area contributed by atoms with Crippen LogP contribution < -0.4 is 0 Å². The third-order valence-electron chi connectivity index (χ3n) is 2.54. The van der Waals surface area contributed by atoms with E-state index in [0.717, 1.165) is 11.1 Å². The van der Waals surface area contributed by atoms with Crippen molar-refractivity contribution in [3.8, 4) is 22.8 Å². The van der Waals surface area contributed by atoms with E-state index in [2.05, 4.69) is 9.97 Å². The average Bonchev–Trinajstić information content (AvgIpc) is 2.90. The normalized spacial score (nSPS) is 10.5. The number of pyridine rings is 1. The molecular weight excluding hydrogens is 231 g/mol. The Bertz CT molecular complexity index is 647. The lowest BCUT2D eigenvalue weighted by atomic mass is 10.2. The van der Waals surface area contributed by atoms with E-state index in [9.17, 15) is 4.39 Å². The van der Waals surface area contributed by atoms with Gasteiger partial charge in [0.25, 0.3) is 0 Å². The van der Waals surface area contributed by atoms with Gasteiger partial charge in [0.15, 0.2) is 5.76 Å². The summed E-state index contributed by atoms with van der Waals surface area (Å²) in [6.07, 6.45) is 5.03. The van der Waals surface area contributed by atoms with Gasteiger partial charge >= 0.3 is 0 Å². The standard InChI is InChI=1S/C14H9FN2O/c15-12-5-3-10(4-6-12)14-17-9-13(18-14)11-2-1-7-16-8-11/h1-9H. The highest BCUT2D eigenvalue weighted by Crippen LogP contribution is 2.25. The first-order chi connectivity index (χ1) is 8.83. The van der Waals surface area contributed by atoms with Crippen LogP contribution in [0.5, 0.6) is 0 Å². The summed E-state index contributed by atoms with van der Waals surface area (Å²) in [6.45, 7) is 0. The predicted molar refractivity (Wildman–Crippen MR) is 65.1 cm³/mol. The molecule has 88 valence electrons. The van der Waals surface area contributed by atoms with Crippen LogP contribution in [-0.2, 0) is 0 Å². The van der Waals surface area contributed by atoms with E-state index in [1.165, 1.54) is 12.1 Å². The summed E-state index contributed by atoms with van der Waals surface area (Å²) < 4.78 is 18.4. The molecule has 3 nitrogen and oxygen atoms in total. The Morgan fingerprint density at radius 3 is 2.50 bits per heavy atom. The first-order valence-corrected chi connectivity index (χ1v) is 5.45. The Morgan fingerprint density at radius 2 is 1.78 bits per heavy atom. The molecule has 0 spiro atoms. The Hall–Kier alpha value is -2.49. The monoisotopic (exact) mass is 240 g/mol. The smallest absolute Gasteiger partial charge is 0.226 e. The van der Waals surface area contributed by atoms with E-state index in [0.29, 0.717) is 11.7 Å². The van der Waals surface area contributed by atoms with Crippen molar-refractivity contribution in [2.24, 2.45) is 0 Å². The number of hydrogen-bond donors (Lipinski definition) is 0. The van der Waals surface area contributed by atoms with Crippen molar-refractivity contribution in [2.75, 3.05) is 0 Å². The molecule has 0 amide bonds. The maximum Gasteiger partial charge on any atom is 0.226 e. The van der Waals surface area contributed by atoms with E-state index in [-0.39, 0.29) is 5.82 Å². The molecule has 0 N–H and O–H groups in total. The van der Waals surface area contributed by atoms with Gasteiger partial charge in [0.2, 0.25) is 5.89 Å². The van der Waals surface area contributed by atoms with Gasteiger partial charge in [-0.15, -0.1) is 0 Å². The van der Waals surface area contributed by atoms with Crippen LogP contribution in [0.15, 0.2) is 59.4 Å². The molecule has 1 aromatic carbocycles. The van der Waals surface area contributed by atoms with Gasteiger partial charge in [0.05, 0.1) is 6.20 Å². The second-order valence-electron chi connectivity index (χ2n) is 3.78. The van der Waals surface area contributed by atoms with Crippen molar-refractivity contribution in [1.29, 1.82) is 0 Å². The van der Waals surface area contributed by atoms with Crippen LogP contribution in [0.3, 0.4) is 0 Å². The number of benzene rings is 1. The van der Waals surface area contributed by atoms with Gasteiger partial charge in [0, 0.05) is 23.5 Å². The molecule has 0 atom stereocenters. The summed E-state index contributed by atoms with van der Waals surface area (Å²) in [5.41, 5.74) is 1.60. The zero-order valence-corrected chi connectivity index (χ0v) is 9.38. The SMILES string of the molecule is Fc1ccc(-c2ncc(-c3cccnc3)o2)cc1. The number of halogens is 1. The fourth-order valence-corrected chi connectivity index (χ4v) is 1.64. The van der Waals surface area contributed by atoms with Crippen molar-refractivity contribution < 1.29 is 8.81 Å². The van der Waals surface area contributed by atoms with E-state index >= 15 is 0 Å². The van der Waals surface area contributed by atoms with E-state index in [1.807, 2.05) is 12.1 Å². The van der Waals surface area contributed by atoms with Gasteiger partial charge < -0.3 is 4.42 Å². The number of nitrogens with zero attached hydrogens (tertiary/aromatic N) is 2. The minimum atomic E-state index is -0.280. The van der Waals surface area contributed by atoms with Crippen molar-refractivity contribution in [3.05, 3.63) is 60.8 Å². The minimum Gasteiger partial charge on any atom is -0.436 e. The first kappa shape index (κ1) is 10.7. The minimum absolute atomic E-state index is 0.280. The van der Waals surface area contributed by atoms with Crippen molar-refractivity contribution in [3.63, 3.8) is 0 Å². The number of oxazole rings is 1. The molecule has 3 aromatic rings. The van der Waals surface area contributed by atoms with Gasteiger partial charge in [-0.25, -0.2) is 9.37 Å². The Balaban J connectivity index is 1.97. The third-order valence-corrected chi connectivity index (χ3v) is 2.54. The Labute approximate surface area is 103 Å². The van der Waals surface area contributed by atoms with Gasteiger partial charge in [-0.3, -0.25) is 4.98 Å². The summed E-state index contributed by atoms with van der Waals surface area (Å²) in [5.74, 6) is 0.828. The molecule has 0 bridgehead atoms. The van der Waals surface area contributed by atoms with Gasteiger partial charge in [-0.05, 0) is 36.4 Å². The number of hydrogen-bond acceptors (Lipinski definition) is 3. The van der Waals surface area contributed by atoms with Crippen LogP contribution in [0.25, 0.3) is 22.8 Å². The molecule has 0 aliphatic rings. The summed E-state index contributed by atoms with van der Waals surface area (Å²) >= 11 is 0. The summed E-state index contributed by atoms with van der Waals surface area (Å²) in [5, 5.41) is 0. The van der Waals surface area contributed by atoms with Crippen molar-refractivity contribution in [1.82, 2.24) is 9.97 Å². The van der Waals surface area contributed by atoms with Gasteiger partial charge in [-0.1, -0.05) is 0 Å². The predicted octanol–water partition coefficient (Wildman–Crippen LogP) is 3.54. The molecule has 2 heterocycles. The first-order valence-electron chi connectivity index (χ1n) is 5.45. The zero-order valence-electron chi connectivity index (χ0n) is 9.38. The molecule has 0 radical (unpaired) electrons. The lowest BCUT2D eigenvalue weighted by Gasteiger charge is -1.96. The summed E-state index contributed by atoms with van der Waals surface area (Å²) in [4.78, 5) is 8.19. The van der Waals surface area contributed by atoms with Gasteiger partial charge in [0.1, 0.15) is 5.82 Å². The molecule has 0 fully saturated rings. The van der Waals surface area contributed by atoms with Crippen molar-refractivity contribution >= 4 is 0 Å².